The third-order valence-corrected chi connectivity index (χ3v) is 3.06. The van der Waals surface area contributed by atoms with Crippen LogP contribution in [0.4, 0.5) is 0 Å². The minimum atomic E-state index is -1.52. The SMILES string of the molecule is CC(C)C(=C=N[Si](C)(C)C)O[Si](C)(C)C. The molecule has 0 N–H and O–H groups in total. The number of allylic oxidation sites excluding steroid dienone is 1. The normalized spacial score (nSPS) is 12.3. The van der Waals surface area contributed by atoms with E-state index in [1.54, 1.807) is 0 Å². The van der Waals surface area contributed by atoms with Gasteiger partial charge in [0.15, 0.2) is 8.24 Å². The molecule has 15 heavy (non-hydrogen) atoms. The molecule has 0 atom stereocenters. The zero-order valence-corrected chi connectivity index (χ0v) is 13.4. The van der Waals surface area contributed by atoms with Gasteiger partial charge in [-0.3, -0.25) is 4.66 Å². The highest BCUT2D eigenvalue weighted by Gasteiger charge is 2.19. The van der Waals surface area contributed by atoms with Crippen LogP contribution in [0.15, 0.2) is 10.4 Å². The van der Waals surface area contributed by atoms with Crippen LogP contribution in [-0.2, 0) is 4.43 Å². The standard InChI is InChI=1S/C11H25NOSi2/c1-10(2)11(13-15(6,7)8)9-12-14(3,4)5/h10H,1-8H3. The van der Waals surface area contributed by atoms with E-state index in [0.717, 1.165) is 5.76 Å². The maximum absolute atomic E-state index is 5.97. The lowest BCUT2D eigenvalue weighted by Gasteiger charge is -2.22. The summed E-state index contributed by atoms with van der Waals surface area (Å²) in [6.07, 6.45) is 0. The lowest BCUT2D eigenvalue weighted by molar-refractivity contribution is 0.373. The van der Waals surface area contributed by atoms with E-state index >= 15 is 0 Å². The highest BCUT2D eigenvalue weighted by molar-refractivity contribution is 6.75. The molecule has 0 spiro atoms. The molecule has 0 aromatic carbocycles. The van der Waals surface area contributed by atoms with Crippen LogP contribution in [-0.4, -0.2) is 22.4 Å². The first-order chi connectivity index (χ1) is 6.51. The predicted molar refractivity (Wildman–Crippen MR) is 73.6 cm³/mol. The molecule has 0 saturated heterocycles. The molecule has 4 heteroatoms. The zero-order chi connectivity index (χ0) is 12.3. The summed E-state index contributed by atoms with van der Waals surface area (Å²) in [5, 5.41) is 0. The van der Waals surface area contributed by atoms with Gasteiger partial charge in [0.2, 0.25) is 8.32 Å². The third-order valence-electron chi connectivity index (χ3n) is 1.44. The average Bonchev–Trinajstić information content (AvgIpc) is 1.93. The summed E-state index contributed by atoms with van der Waals surface area (Å²) >= 11 is 0. The highest BCUT2D eigenvalue weighted by atomic mass is 28.4. The molecule has 0 saturated carbocycles. The van der Waals surface area contributed by atoms with Gasteiger partial charge in [-0.15, -0.1) is 0 Å². The smallest absolute Gasteiger partial charge is 0.242 e. The second-order valence-electron chi connectivity index (χ2n) is 6.13. The molecule has 0 radical (unpaired) electrons. The Balaban J connectivity index is 4.92. The lowest BCUT2D eigenvalue weighted by atomic mass is 10.2. The Labute approximate surface area is 96.7 Å². The molecule has 0 amide bonds. The first-order valence-electron chi connectivity index (χ1n) is 5.55. The molecule has 0 aliphatic carbocycles. The molecule has 0 rings (SSSR count). The van der Waals surface area contributed by atoms with Crippen LogP contribution in [0.2, 0.25) is 39.3 Å². The van der Waals surface area contributed by atoms with E-state index in [2.05, 4.69) is 63.7 Å². The van der Waals surface area contributed by atoms with Crippen molar-refractivity contribution in [1.82, 2.24) is 0 Å². The van der Waals surface area contributed by atoms with Crippen LogP contribution in [0.3, 0.4) is 0 Å². The van der Waals surface area contributed by atoms with Crippen molar-refractivity contribution in [3.63, 3.8) is 0 Å². The summed E-state index contributed by atoms with van der Waals surface area (Å²) in [7, 11) is -2.94. The van der Waals surface area contributed by atoms with E-state index in [4.69, 9.17) is 4.43 Å². The van der Waals surface area contributed by atoms with E-state index in [1.165, 1.54) is 0 Å². The summed E-state index contributed by atoms with van der Waals surface area (Å²) in [4.78, 5) is 0. The molecule has 0 aromatic heterocycles. The van der Waals surface area contributed by atoms with Crippen LogP contribution in [0.5, 0.6) is 0 Å². The topological polar surface area (TPSA) is 21.6 Å². The van der Waals surface area contributed by atoms with Gasteiger partial charge in [0.05, 0.1) is 0 Å². The fourth-order valence-electron chi connectivity index (χ4n) is 0.822. The molecule has 0 fully saturated rings. The zero-order valence-electron chi connectivity index (χ0n) is 11.4. The van der Waals surface area contributed by atoms with E-state index in [9.17, 15) is 0 Å². The second-order valence-corrected chi connectivity index (χ2v) is 15.1. The molecule has 0 aromatic rings. The molecule has 0 aliphatic rings. The quantitative estimate of drug-likeness (QED) is 0.417. The fraction of sp³-hybridized carbons (Fsp3) is 0.818. The van der Waals surface area contributed by atoms with Gasteiger partial charge >= 0.3 is 0 Å². The summed E-state index contributed by atoms with van der Waals surface area (Å²) in [5.41, 5.74) is 0. The van der Waals surface area contributed by atoms with Crippen molar-refractivity contribution in [1.29, 1.82) is 0 Å². The van der Waals surface area contributed by atoms with Gasteiger partial charge in [0.25, 0.3) is 0 Å². The van der Waals surface area contributed by atoms with Gasteiger partial charge in [-0.1, -0.05) is 13.8 Å². The van der Waals surface area contributed by atoms with Gasteiger partial charge in [-0.2, -0.15) is 0 Å². The average molecular weight is 243 g/mol. The summed E-state index contributed by atoms with van der Waals surface area (Å²) in [6.45, 7) is 17.4. The number of nitrogens with zero attached hydrogens (tertiary/aromatic N) is 1. The van der Waals surface area contributed by atoms with Gasteiger partial charge in [0.1, 0.15) is 5.76 Å². The van der Waals surface area contributed by atoms with E-state index < -0.39 is 16.6 Å². The fourth-order valence-corrected chi connectivity index (χ4v) is 2.21. The maximum Gasteiger partial charge on any atom is 0.242 e. The number of hydrogen-bond acceptors (Lipinski definition) is 2. The highest BCUT2D eigenvalue weighted by Crippen LogP contribution is 2.15. The molecule has 0 aliphatic heterocycles. The second kappa shape index (κ2) is 5.15. The Morgan fingerprint density at radius 3 is 1.80 bits per heavy atom. The summed E-state index contributed by atoms with van der Waals surface area (Å²) in [5.74, 6) is 4.43. The summed E-state index contributed by atoms with van der Waals surface area (Å²) < 4.78 is 10.5. The Hall–Kier alpha value is -0.316. The van der Waals surface area contributed by atoms with Crippen molar-refractivity contribution in [2.75, 3.05) is 0 Å². The Bertz CT molecular complexity index is 265. The minimum absolute atomic E-state index is 0.372. The molecular weight excluding hydrogens is 218 g/mol. The molecule has 0 bridgehead atoms. The Morgan fingerprint density at radius 1 is 1.07 bits per heavy atom. The van der Waals surface area contributed by atoms with Crippen molar-refractivity contribution < 1.29 is 4.43 Å². The lowest BCUT2D eigenvalue weighted by Crippen LogP contribution is -2.27. The monoisotopic (exact) mass is 243 g/mol. The Kier molecular flexibility index (Phi) is 5.04. The van der Waals surface area contributed by atoms with Crippen LogP contribution in [0.25, 0.3) is 0 Å². The molecule has 0 unspecified atom stereocenters. The van der Waals surface area contributed by atoms with Gasteiger partial charge in [0, 0.05) is 11.8 Å². The number of hydrogen-bond donors (Lipinski definition) is 0. The van der Waals surface area contributed by atoms with Crippen LogP contribution in [0, 0.1) is 5.92 Å². The molecular formula is C11H25NOSi2. The van der Waals surface area contributed by atoms with Crippen molar-refractivity contribution in [2.24, 2.45) is 10.6 Å². The van der Waals surface area contributed by atoms with Crippen LogP contribution < -0.4 is 0 Å². The maximum atomic E-state index is 5.97. The van der Waals surface area contributed by atoms with Crippen molar-refractivity contribution in [3.8, 4) is 0 Å². The molecule has 88 valence electrons. The first kappa shape index (κ1) is 14.7. The van der Waals surface area contributed by atoms with E-state index in [0.29, 0.717) is 5.92 Å². The number of rotatable bonds is 4. The molecule has 2 nitrogen and oxygen atoms in total. The van der Waals surface area contributed by atoms with Crippen LogP contribution >= 0.6 is 0 Å². The van der Waals surface area contributed by atoms with Crippen LogP contribution in [0.1, 0.15) is 13.8 Å². The van der Waals surface area contributed by atoms with E-state index in [-0.39, 0.29) is 0 Å². The summed E-state index contributed by atoms with van der Waals surface area (Å²) in [6, 6.07) is 0. The molecule has 0 heterocycles. The van der Waals surface area contributed by atoms with Crippen molar-refractivity contribution >= 4 is 22.4 Å². The van der Waals surface area contributed by atoms with Gasteiger partial charge in [-0.05, 0) is 39.3 Å². The first-order valence-corrected chi connectivity index (χ1v) is 12.4. The van der Waals surface area contributed by atoms with Crippen molar-refractivity contribution in [3.05, 3.63) is 5.76 Å². The minimum Gasteiger partial charge on any atom is -0.541 e. The van der Waals surface area contributed by atoms with E-state index in [1.807, 2.05) is 0 Å². The van der Waals surface area contributed by atoms with Gasteiger partial charge in [-0.25, -0.2) is 0 Å². The van der Waals surface area contributed by atoms with Crippen molar-refractivity contribution in [2.45, 2.75) is 53.1 Å². The largest absolute Gasteiger partial charge is 0.541 e. The predicted octanol–water partition coefficient (Wildman–Crippen LogP) is 3.88. The van der Waals surface area contributed by atoms with Gasteiger partial charge < -0.3 is 4.43 Å². The third kappa shape index (κ3) is 8.66. The Morgan fingerprint density at radius 2 is 1.53 bits per heavy atom.